The number of halogens is 1. The second kappa shape index (κ2) is 6.63. The predicted octanol–water partition coefficient (Wildman–Crippen LogP) is 3.68. The summed E-state index contributed by atoms with van der Waals surface area (Å²) in [4.78, 5) is 28.8. The maximum absolute atomic E-state index is 13.4. The Bertz CT molecular complexity index is 845. The Kier molecular flexibility index (Phi) is 4.53. The highest BCUT2D eigenvalue weighted by Gasteiger charge is 2.29. The van der Waals surface area contributed by atoms with Crippen molar-refractivity contribution in [1.82, 2.24) is 4.98 Å². The molecule has 0 saturated heterocycles. The fraction of sp³-hybridized carbons (Fsp3) is 0.316. The van der Waals surface area contributed by atoms with Crippen molar-refractivity contribution in [2.75, 3.05) is 12.4 Å². The fourth-order valence-electron chi connectivity index (χ4n) is 3.08. The lowest BCUT2D eigenvalue weighted by molar-refractivity contribution is -0.116. The minimum absolute atomic E-state index is 0.0579. The Morgan fingerprint density at radius 2 is 1.92 bits per heavy atom. The Morgan fingerprint density at radius 3 is 2.52 bits per heavy atom. The summed E-state index contributed by atoms with van der Waals surface area (Å²) < 4.78 is 18.3. The molecule has 25 heavy (non-hydrogen) atoms. The average molecular weight is 342 g/mol. The van der Waals surface area contributed by atoms with Gasteiger partial charge in [0.2, 0.25) is 5.91 Å². The van der Waals surface area contributed by atoms with E-state index in [1.54, 1.807) is 12.1 Å². The van der Waals surface area contributed by atoms with Crippen molar-refractivity contribution in [3.8, 4) is 11.1 Å². The van der Waals surface area contributed by atoms with Gasteiger partial charge in [0.05, 0.1) is 18.4 Å². The van der Waals surface area contributed by atoms with E-state index in [0.29, 0.717) is 41.0 Å². The van der Waals surface area contributed by atoms with E-state index in [2.05, 4.69) is 10.3 Å². The SMILES string of the molecule is COC(=O)c1c(C(C)C)nc2c(c1-c1ccc(F)cc1)CCC(=O)N2. The molecule has 3 rings (SSSR count). The number of ether oxygens (including phenoxy) is 1. The van der Waals surface area contributed by atoms with Gasteiger partial charge in [0, 0.05) is 17.5 Å². The van der Waals surface area contributed by atoms with E-state index < -0.39 is 5.97 Å². The lowest BCUT2D eigenvalue weighted by atomic mass is 9.87. The number of esters is 1. The molecule has 1 N–H and O–H groups in total. The number of aromatic nitrogens is 1. The van der Waals surface area contributed by atoms with E-state index in [1.807, 2.05) is 13.8 Å². The summed E-state index contributed by atoms with van der Waals surface area (Å²) in [6, 6.07) is 5.94. The van der Waals surface area contributed by atoms with Crippen LogP contribution in [0.15, 0.2) is 24.3 Å². The molecule has 0 saturated carbocycles. The number of amides is 1. The van der Waals surface area contributed by atoms with Crippen molar-refractivity contribution in [2.24, 2.45) is 0 Å². The zero-order valence-electron chi connectivity index (χ0n) is 14.4. The van der Waals surface area contributed by atoms with Crippen LogP contribution in [0.5, 0.6) is 0 Å². The van der Waals surface area contributed by atoms with E-state index in [9.17, 15) is 14.0 Å². The zero-order valence-corrected chi connectivity index (χ0v) is 14.4. The largest absolute Gasteiger partial charge is 0.465 e. The van der Waals surface area contributed by atoms with Crippen LogP contribution in [0.2, 0.25) is 0 Å². The van der Waals surface area contributed by atoms with Gasteiger partial charge >= 0.3 is 5.97 Å². The molecule has 0 atom stereocenters. The molecule has 2 aromatic rings. The number of anilines is 1. The first kappa shape index (κ1) is 17.1. The van der Waals surface area contributed by atoms with E-state index in [-0.39, 0.29) is 17.6 Å². The normalized spacial score (nSPS) is 13.4. The van der Waals surface area contributed by atoms with Gasteiger partial charge in [0.1, 0.15) is 11.6 Å². The third-order valence-electron chi connectivity index (χ3n) is 4.26. The van der Waals surface area contributed by atoms with Crippen LogP contribution in [0, 0.1) is 5.82 Å². The van der Waals surface area contributed by atoms with Gasteiger partial charge in [0.25, 0.3) is 0 Å². The molecule has 1 aliphatic heterocycles. The van der Waals surface area contributed by atoms with Crippen LogP contribution >= 0.6 is 0 Å². The lowest BCUT2D eigenvalue weighted by Crippen LogP contribution is -2.24. The quantitative estimate of drug-likeness (QED) is 0.864. The molecule has 1 amide bonds. The highest BCUT2D eigenvalue weighted by molar-refractivity contribution is 6.03. The van der Waals surface area contributed by atoms with Crippen LogP contribution in [-0.2, 0) is 16.0 Å². The zero-order chi connectivity index (χ0) is 18.1. The Labute approximate surface area is 145 Å². The summed E-state index contributed by atoms with van der Waals surface area (Å²) in [7, 11) is 1.32. The summed E-state index contributed by atoms with van der Waals surface area (Å²) in [6.07, 6.45) is 0.772. The molecule has 0 radical (unpaired) electrons. The molecule has 1 aromatic heterocycles. The smallest absolute Gasteiger partial charge is 0.340 e. The molecule has 0 fully saturated rings. The van der Waals surface area contributed by atoms with Crippen LogP contribution in [0.3, 0.4) is 0 Å². The van der Waals surface area contributed by atoms with Crippen molar-refractivity contribution in [1.29, 1.82) is 0 Å². The summed E-state index contributed by atoms with van der Waals surface area (Å²) in [6.45, 7) is 3.83. The number of carbonyl (C=O) groups excluding carboxylic acids is 2. The Balaban J connectivity index is 2.36. The summed E-state index contributed by atoms with van der Waals surface area (Å²) in [5.74, 6) is -0.547. The number of rotatable bonds is 3. The molecular weight excluding hydrogens is 323 g/mol. The van der Waals surface area contributed by atoms with E-state index in [0.717, 1.165) is 5.56 Å². The van der Waals surface area contributed by atoms with Gasteiger partial charge in [-0.25, -0.2) is 14.2 Å². The molecule has 0 bridgehead atoms. The fourth-order valence-corrected chi connectivity index (χ4v) is 3.08. The molecule has 0 aliphatic carbocycles. The molecule has 0 spiro atoms. The van der Waals surface area contributed by atoms with Crippen molar-refractivity contribution >= 4 is 17.7 Å². The monoisotopic (exact) mass is 342 g/mol. The van der Waals surface area contributed by atoms with E-state index in [1.165, 1.54) is 19.2 Å². The van der Waals surface area contributed by atoms with Crippen molar-refractivity contribution in [3.05, 3.63) is 46.9 Å². The molecule has 130 valence electrons. The number of hydrogen-bond acceptors (Lipinski definition) is 4. The third kappa shape index (κ3) is 3.12. The molecular formula is C19H19FN2O3. The second-order valence-electron chi connectivity index (χ2n) is 6.28. The van der Waals surface area contributed by atoms with Gasteiger partial charge in [-0.2, -0.15) is 0 Å². The first-order valence-electron chi connectivity index (χ1n) is 8.13. The van der Waals surface area contributed by atoms with Gasteiger partial charge in [-0.3, -0.25) is 4.79 Å². The molecule has 1 aromatic carbocycles. The second-order valence-corrected chi connectivity index (χ2v) is 6.28. The third-order valence-corrected chi connectivity index (χ3v) is 4.26. The molecule has 6 heteroatoms. The first-order chi connectivity index (χ1) is 11.9. The van der Waals surface area contributed by atoms with Crippen LogP contribution in [0.25, 0.3) is 11.1 Å². The molecule has 2 heterocycles. The van der Waals surface area contributed by atoms with Gasteiger partial charge in [-0.15, -0.1) is 0 Å². The summed E-state index contributed by atoms with van der Waals surface area (Å²) >= 11 is 0. The topological polar surface area (TPSA) is 68.3 Å². The number of methoxy groups -OCH3 is 1. The highest BCUT2D eigenvalue weighted by Crippen LogP contribution is 2.38. The number of fused-ring (bicyclic) bond motifs is 1. The van der Waals surface area contributed by atoms with Crippen molar-refractivity contribution < 1.29 is 18.7 Å². The van der Waals surface area contributed by atoms with Gasteiger partial charge in [0.15, 0.2) is 0 Å². The van der Waals surface area contributed by atoms with E-state index >= 15 is 0 Å². The van der Waals surface area contributed by atoms with Gasteiger partial charge < -0.3 is 10.1 Å². The first-order valence-corrected chi connectivity index (χ1v) is 8.13. The Morgan fingerprint density at radius 1 is 1.24 bits per heavy atom. The summed E-state index contributed by atoms with van der Waals surface area (Å²) in [5.41, 5.74) is 3.04. The predicted molar refractivity (Wildman–Crippen MR) is 92.0 cm³/mol. The van der Waals surface area contributed by atoms with Crippen LogP contribution in [0.1, 0.15) is 47.8 Å². The minimum Gasteiger partial charge on any atom is -0.465 e. The van der Waals surface area contributed by atoms with Crippen LogP contribution in [-0.4, -0.2) is 24.0 Å². The van der Waals surface area contributed by atoms with Gasteiger partial charge in [-0.05, 0) is 30.0 Å². The number of carbonyl (C=O) groups is 2. The lowest BCUT2D eigenvalue weighted by Gasteiger charge is -2.24. The number of hydrogen-bond donors (Lipinski definition) is 1. The minimum atomic E-state index is -0.491. The highest BCUT2D eigenvalue weighted by atomic mass is 19.1. The number of nitrogens with zero attached hydrogens (tertiary/aromatic N) is 1. The molecule has 1 aliphatic rings. The summed E-state index contributed by atoms with van der Waals surface area (Å²) in [5, 5.41) is 2.78. The number of benzene rings is 1. The number of nitrogens with one attached hydrogen (secondary N) is 1. The molecule has 0 unspecified atom stereocenters. The van der Waals surface area contributed by atoms with Crippen LogP contribution < -0.4 is 5.32 Å². The standard InChI is InChI=1S/C19H19FN2O3/c1-10(2)17-16(19(24)25-3)15(11-4-6-12(20)7-5-11)13-8-9-14(23)21-18(13)22-17/h4-7,10H,8-9H2,1-3H3,(H,21,22,23). The van der Waals surface area contributed by atoms with Gasteiger partial charge in [-0.1, -0.05) is 26.0 Å². The van der Waals surface area contributed by atoms with Crippen molar-refractivity contribution in [3.63, 3.8) is 0 Å². The Hall–Kier alpha value is -2.76. The van der Waals surface area contributed by atoms with E-state index in [4.69, 9.17) is 4.74 Å². The average Bonchev–Trinajstić information content (AvgIpc) is 2.60. The number of pyridine rings is 1. The molecule has 5 nitrogen and oxygen atoms in total. The maximum atomic E-state index is 13.4. The van der Waals surface area contributed by atoms with Crippen molar-refractivity contribution in [2.45, 2.75) is 32.6 Å². The maximum Gasteiger partial charge on any atom is 0.340 e. The van der Waals surface area contributed by atoms with Crippen LogP contribution in [0.4, 0.5) is 10.2 Å².